The highest BCUT2D eigenvalue weighted by Gasteiger charge is 2.20. The van der Waals surface area contributed by atoms with E-state index < -0.39 is 0 Å². The van der Waals surface area contributed by atoms with Crippen molar-refractivity contribution in [2.45, 2.75) is 13.8 Å². The first-order valence-electron chi connectivity index (χ1n) is 5.58. The second-order valence-corrected chi connectivity index (χ2v) is 4.37. The lowest BCUT2D eigenvalue weighted by Gasteiger charge is -2.19. The predicted molar refractivity (Wildman–Crippen MR) is 73.7 cm³/mol. The lowest BCUT2D eigenvalue weighted by Crippen LogP contribution is -2.30. The lowest BCUT2D eigenvalue weighted by molar-refractivity contribution is -0.141. The normalized spacial score (nSPS) is 10.2. The SMILES string of the molecule is CCOC(=O)CN(C)c1c(C(N)=S)c(C)nn1C. The van der Waals surface area contributed by atoms with Crippen LogP contribution in [0, 0.1) is 6.92 Å². The Balaban J connectivity index is 3.01. The number of aromatic nitrogens is 2. The van der Waals surface area contributed by atoms with Crippen LogP contribution < -0.4 is 10.6 Å². The van der Waals surface area contributed by atoms with Crippen LogP contribution in [0.4, 0.5) is 5.82 Å². The summed E-state index contributed by atoms with van der Waals surface area (Å²) in [5, 5.41) is 4.26. The fraction of sp³-hybridized carbons (Fsp3) is 0.545. The van der Waals surface area contributed by atoms with Gasteiger partial charge < -0.3 is 15.4 Å². The Hall–Kier alpha value is -1.63. The molecule has 1 heterocycles. The van der Waals surface area contributed by atoms with Gasteiger partial charge in [0.15, 0.2) is 0 Å². The monoisotopic (exact) mass is 270 g/mol. The van der Waals surface area contributed by atoms with E-state index in [0.717, 1.165) is 5.69 Å². The summed E-state index contributed by atoms with van der Waals surface area (Å²) in [6.07, 6.45) is 0. The van der Waals surface area contributed by atoms with Gasteiger partial charge in [0.25, 0.3) is 0 Å². The van der Waals surface area contributed by atoms with Crippen LogP contribution in [-0.4, -0.2) is 40.9 Å². The minimum Gasteiger partial charge on any atom is -0.465 e. The highest BCUT2D eigenvalue weighted by molar-refractivity contribution is 7.80. The van der Waals surface area contributed by atoms with Gasteiger partial charge in [-0.3, -0.25) is 9.48 Å². The molecule has 0 bridgehead atoms. The number of aryl methyl sites for hydroxylation is 2. The largest absolute Gasteiger partial charge is 0.465 e. The molecule has 0 aliphatic rings. The predicted octanol–water partition coefficient (Wildman–Crippen LogP) is 0.362. The first-order chi connectivity index (χ1) is 8.38. The second-order valence-electron chi connectivity index (χ2n) is 3.93. The van der Waals surface area contributed by atoms with E-state index in [4.69, 9.17) is 22.7 Å². The zero-order chi connectivity index (χ0) is 13.9. The molecule has 100 valence electrons. The van der Waals surface area contributed by atoms with Gasteiger partial charge in [-0.15, -0.1) is 0 Å². The van der Waals surface area contributed by atoms with Crippen molar-refractivity contribution in [2.75, 3.05) is 25.1 Å². The minimum absolute atomic E-state index is 0.127. The van der Waals surface area contributed by atoms with Crippen molar-refractivity contribution in [3.05, 3.63) is 11.3 Å². The van der Waals surface area contributed by atoms with Crippen LogP contribution >= 0.6 is 12.2 Å². The third-order valence-corrected chi connectivity index (χ3v) is 2.68. The van der Waals surface area contributed by atoms with Crippen molar-refractivity contribution in [3.63, 3.8) is 0 Å². The van der Waals surface area contributed by atoms with Gasteiger partial charge in [-0.05, 0) is 13.8 Å². The molecular weight excluding hydrogens is 252 g/mol. The second kappa shape index (κ2) is 5.81. The standard InChI is InChI=1S/C11H18N4O2S/c1-5-17-8(16)6-14(3)11-9(10(12)18)7(2)13-15(11)4/h5-6H2,1-4H3,(H2,12,18). The van der Waals surface area contributed by atoms with Crippen molar-refractivity contribution in [1.29, 1.82) is 0 Å². The van der Waals surface area contributed by atoms with E-state index in [1.165, 1.54) is 0 Å². The third kappa shape index (κ3) is 2.98. The zero-order valence-corrected chi connectivity index (χ0v) is 11.9. The van der Waals surface area contributed by atoms with Gasteiger partial charge in [0.05, 0.1) is 17.9 Å². The van der Waals surface area contributed by atoms with Crippen LogP contribution in [0.25, 0.3) is 0 Å². The van der Waals surface area contributed by atoms with E-state index >= 15 is 0 Å². The van der Waals surface area contributed by atoms with Gasteiger partial charge in [0.2, 0.25) is 0 Å². The maximum absolute atomic E-state index is 11.5. The molecule has 1 rings (SSSR count). The van der Waals surface area contributed by atoms with E-state index in [0.29, 0.717) is 18.0 Å². The van der Waals surface area contributed by atoms with Crippen LogP contribution in [0.1, 0.15) is 18.2 Å². The Morgan fingerprint density at radius 3 is 2.72 bits per heavy atom. The average molecular weight is 270 g/mol. The van der Waals surface area contributed by atoms with E-state index in [1.54, 1.807) is 30.6 Å². The zero-order valence-electron chi connectivity index (χ0n) is 11.1. The Morgan fingerprint density at radius 1 is 1.61 bits per heavy atom. The van der Waals surface area contributed by atoms with Crippen molar-refractivity contribution in [1.82, 2.24) is 9.78 Å². The molecule has 18 heavy (non-hydrogen) atoms. The molecule has 0 aromatic carbocycles. The van der Waals surface area contributed by atoms with Crippen LogP contribution in [0.15, 0.2) is 0 Å². The number of anilines is 1. The number of hydrogen-bond acceptors (Lipinski definition) is 5. The molecule has 2 N–H and O–H groups in total. The lowest BCUT2D eigenvalue weighted by atomic mass is 10.2. The van der Waals surface area contributed by atoms with Gasteiger partial charge >= 0.3 is 5.97 Å². The maximum atomic E-state index is 11.5. The van der Waals surface area contributed by atoms with Gasteiger partial charge in [0.1, 0.15) is 17.4 Å². The number of esters is 1. The van der Waals surface area contributed by atoms with E-state index in [9.17, 15) is 4.79 Å². The maximum Gasteiger partial charge on any atom is 0.325 e. The molecule has 0 aliphatic carbocycles. The number of rotatable bonds is 5. The Kier molecular flexibility index (Phi) is 4.66. The van der Waals surface area contributed by atoms with Crippen molar-refractivity contribution < 1.29 is 9.53 Å². The first kappa shape index (κ1) is 14.4. The number of nitrogens with two attached hydrogens (primary N) is 1. The molecule has 0 fully saturated rings. The molecular formula is C11H18N4O2S. The summed E-state index contributed by atoms with van der Waals surface area (Å²) in [7, 11) is 3.56. The average Bonchev–Trinajstić information content (AvgIpc) is 2.53. The highest BCUT2D eigenvalue weighted by atomic mass is 32.1. The number of carbonyl (C=O) groups is 1. The third-order valence-electron chi connectivity index (χ3n) is 2.47. The summed E-state index contributed by atoms with van der Waals surface area (Å²) >= 11 is 5.02. The fourth-order valence-corrected chi connectivity index (χ4v) is 2.09. The molecule has 0 saturated heterocycles. The topological polar surface area (TPSA) is 73.4 Å². The molecule has 0 aliphatic heterocycles. The van der Waals surface area contributed by atoms with Crippen LogP contribution in [0.3, 0.4) is 0 Å². The quantitative estimate of drug-likeness (QED) is 0.615. The van der Waals surface area contributed by atoms with Crippen LogP contribution in [0.2, 0.25) is 0 Å². The summed E-state index contributed by atoms with van der Waals surface area (Å²) in [6.45, 7) is 4.09. The molecule has 6 nitrogen and oxygen atoms in total. The smallest absolute Gasteiger partial charge is 0.325 e. The van der Waals surface area contributed by atoms with E-state index in [1.807, 2.05) is 6.92 Å². The minimum atomic E-state index is -0.298. The first-order valence-corrected chi connectivity index (χ1v) is 5.99. The number of nitrogens with zero attached hydrogens (tertiary/aromatic N) is 3. The Labute approximate surface area is 112 Å². The van der Waals surface area contributed by atoms with Gasteiger partial charge in [0, 0.05) is 14.1 Å². The summed E-state index contributed by atoms with van der Waals surface area (Å²) in [6, 6.07) is 0. The molecule has 0 amide bonds. The number of carbonyl (C=O) groups excluding carboxylic acids is 1. The Morgan fingerprint density at radius 2 is 2.22 bits per heavy atom. The number of thiocarbonyl (C=S) groups is 1. The van der Waals surface area contributed by atoms with Crippen molar-refractivity contribution in [2.24, 2.45) is 12.8 Å². The van der Waals surface area contributed by atoms with E-state index in [-0.39, 0.29) is 17.5 Å². The number of hydrogen-bond donors (Lipinski definition) is 1. The fourth-order valence-electron chi connectivity index (χ4n) is 1.85. The molecule has 1 aromatic rings. The highest BCUT2D eigenvalue weighted by Crippen LogP contribution is 2.21. The molecule has 1 aromatic heterocycles. The molecule has 0 saturated carbocycles. The van der Waals surface area contributed by atoms with Crippen LogP contribution in [0.5, 0.6) is 0 Å². The van der Waals surface area contributed by atoms with E-state index in [2.05, 4.69) is 5.10 Å². The van der Waals surface area contributed by atoms with Gasteiger partial charge in [-0.1, -0.05) is 12.2 Å². The summed E-state index contributed by atoms with van der Waals surface area (Å²) < 4.78 is 6.56. The molecule has 7 heteroatoms. The number of ether oxygens (including phenoxy) is 1. The number of likely N-dealkylation sites (N-methyl/N-ethyl adjacent to an activating group) is 1. The molecule has 0 unspecified atom stereocenters. The molecule has 0 spiro atoms. The summed E-state index contributed by atoms with van der Waals surface area (Å²) in [5.74, 6) is 0.417. The van der Waals surface area contributed by atoms with Crippen molar-refractivity contribution in [3.8, 4) is 0 Å². The summed E-state index contributed by atoms with van der Waals surface area (Å²) in [5.41, 5.74) is 7.13. The Bertz CT molecular complexity index is 470. The van der Waals surface area contributed by atoms with Crippen molar-refractivity contribution >= 4 is 29.0 Å². The summed E-state index contributed by atoms with van der Waals surface area (Å²) in [4.78, 5) is 13.5. The molecule has 0 radical (unpaired) electrons. The molecule has 0 atom stereocenters. The van der Waals surface area contributed by atoms with Gasteiger partial charge in [-0.2, -0.15) is 5.10 Å². The van der Waals surface area contributed by atoms with Crippen LogP contribution in [-0.2, 0) is 16.6 Å². The van der Waals surface area contributed by atoms with Gasteiger partial charge in [-0.25, -0.2) is 0 Å².